The highest BCUT2D eigenvalue weighted by Crippen LogP contribution is 2.25. The van der Waals surface area contributed by atoms with Gasteiger partial charge in [-0.15, -0.1) is 0 Å². The van der Waals surface area contributed by atoms with Gasteiger partial charge in [-0.05, 0) is 63.0 Å². The summed E-state index contributed by atoms with van der Waals surface area (Å²) in [6.45, 7) is 11.9. The van der Waals surface area contributed by atoms with Crippen LogP contribution in [0, 0.1) is 19.8 Å². The minimum absolute atomic E-state index is 0.0285. The third-order valence-electron chi connectivity index (χ3n) is 5.36. The highest BCUT2D eigenvalue weighted by Gasteiger charge is 2.27. The maximum atomic E-state index is 12.6. The van der Waals surface area contributed by atoms with Gasteiger partial charge in [0.25, 0.3) is 0 Å². The molecule has 0 saturated carbocycles. The number of amides is 2. The van der Waals surface area contributed by atoms with E-state index in [0.717, 1.165) is 22.5 Å². The van der Waals surface area contributed by atoms with Crippen molar-refractivity contribution in [3.8, 4) is 0 Å². The molecule has 1 aromatic heterocycles. The van der Waals surface area contributed by atoms with Crippen LogP contribution < -0.4 is 10.6 Å². The molecule has 0 spiro atoms. The SMILES string of the molecule is Cc1cc(C)cc(NC(=O)CN2CCC(C(=O)Nc3cc(C(C)(C)C)no3)CC2)c1. The molecule has 2 N–H and O–H groups in total. The van der Waals surface area contributed by atoms with E-state index >= 15 is 0 Å². The van der Waals surface area contributed by atoms with Crippen LogP contribution in [-0.4, -0.2) is 41.5 Å². The summed E-state index contributed by atoms with van der Waals surface area (Å²) in [7, 11) is 0. The van der Waals surface area contributed by atoms with Crippen LogP contribution in [0.25, 0.3) is 0 Å². The van der Waals surface area contributed by atoms with Crippen molar-refractivity contribution in [2.75, 3.05) is 30.3 Å². The van der Waals surface area contributed by atoms with Crippen LogP contribution in [0.15, 0.2) is 28.8 Å². The Bertz CT molecular complexity index is 885. The standard InChI is InChI=1S/C23H32N4O3/c1-15-10-16(2)12-18(11-15)24-20(28)14-27-8-6-17(7-9-27)22(29)25-21-13-19(26-30-21)23(3,4)5/h10-13,17H,6-9,14H2,1-5H3,(H,24,28)(H,25,29). The molecule has 0 radical (unpaired) electrons. The Hall–Kier alpha value is -2.67. The van der Waals surface area contributed by atoms with Gasteiger partial charge in [0, 0.05) is 23.1 Å². The van der Waals surface area contributed by atoms with Crippen molar-refractivity contribution in [3.63, 3.8) is 0 Å². The lowest BCUT2D eigenvalue weighted by molar-refractivity contribution is -0.121. The van der Waals surface area contributed by atoms with E-state index in [9.17, 15) is 9.59 Å². The summed E-state index contributed by atoms with van der Waals surface area (Å²) < 4.78 is 5.25. The van der Waals surface area contributed by atoms with E-state index in [4.69, 9.17) is 4.52 Å². The number of carbonyl (C=O) groups excluding carboxylic acids is 2. The number of likely N-dealkylation sites (tertiary alicyclic amines) is 1. The van der Waals surface area contributed by atoms with E-state index in [1.165, 1.54) is 0 Å². The molecule has 7 nitrogen and oxygen atoms in total. The van der Waals surface area contributed by atoms with Crippen molar-refractivity contribution >= 4 is 23.4 Å². The van der Waals surface area contributed by atoms with Gasteiger partial charge in [-0.25, -0.2) is 0 Å². The number of hydrogen-bond acceptors (Lipinski definition) is 5. The molecule has 1 aliphatic rings. The number of piperidine rings is 1. The summed E-state index contributed by atoms with van der Waals surface area (Å²) in [5.74, 6) is 0.220. The molecular weight excluding hydrogens is 380 g/mol. The zero-order valence-corrected chi connectivity index (χ0v) is 18.5. The van der Waals surface area contributed by atoms with Gasteiger partial charge in [0.2, 0.25) is 17.7 Å². The van der Waals surface area contributed by atoms with E-state index in [2.05, 4.69) is 26.8 Å². The first kappa shape index (κ1) is 22.0. The Kier molecular flexibility index (Phi) is 6.61. The van der Waals surface area contributed by atoms with Crippen molar-refractivity contribution in [2.24, 2.45) is 5.92 Å². The van der Waals surface area contributed by atoms with Gasteiger partial charge in [-0.3, -0.25) is 19.8 Å². The number of anilines is 2. The smallest absolute Gasteiger partial charge is 0.238 e. The van der Waals surface area contributed by atoms with Crippen molar-refractivity contribution < 1.29 is 14.1 Å². The third kappa shape index (κ3) is 5.92. The van der Waals surface area contributed by atoms with Crippen molar-refractivity contribution in [3.05, 3.63) is 41.1 Å². The number of rotatable bonds is 5. The largest absolute Gasteiger partial charge is 0.338 e. The number of hydrogen-bond donors (Lipinski definition) is 2. The predicted molar refractivity (Wildman–Crippen MR) is 118 cm³/mol. The maximum Gasteiger partial charge on any atom is 0.238 e. The van der Waals surface area contributed by atoms with E-state index in [1.54, 1.807) is 6.07 Å². The zero-order valence-electron chi connectivity index (χ0n) is 18.5. The van der Waals surface area contributed by atoms with Gasteiger partial charge < -0.3 is 9.84 Å². The van der Waals surface area contributed by atoms with Crippen LogP contribution in [0.3, 0.4) is 0 Å². The zero-order chi connectivity index (χ0) is 21.9. The molecular formula is C23H32N4O3. The Morgan fingerprint density at radius 2 is 1.70 bits per heavy atom. The Morgan fingerprint density at radius 3 is 2.27 bits per heavy atom. The second-order valence-electron chi connectivity index (χ2n) is 9.29. The molecule has 162 valence electrons. The minimum atomic E-state index is -0.129. The Morgan fingerprint density at radius 1 is 1.07 bits per heavy atom. The normalized spacial score (nSPS) is 15.8. The molecule has 2 aromatic rings. The summed E-state index contributed by atoms with van der Waals surface area (Å²) in [6.07, 6.45) is 1.42. The highest BCUT2D eigenvalue weighted by molar-refractivity contribution is 5.93. The number of nitrogens with zero attached hydrogens (tertiary/aromatic N) is 2. The predicted octanol–water partition coefficient (Wildman–Crippen LogP) is 3.88. The average molecular weight is 413 g/mol. The van der Waals surface area contributed by atoms with Crippen LogP contribution in [0.4, 0.5) is 11.6 Å². The topological polar surface area (TPSA) is 87.5 Å². The molecule has 1 aromatic carbocycles. The monoisotopic (exact) mass is 412 g/mol. The molecule has 0 bridgehead atoms. The van der Waals surface area contributed by atoms with Crippen molar-refractivity contribution in [2.45, 2.75) is 52.9 Å². The maximum absolute atomic E-state index is 12.6. The van der Waals surface area contributed by atoms with Crippen LogP contribution in [0.1, 0.15) is 50.4 Å². The van der Waals surface area contributed by atoms with Crippen LogP contribution >= 0.6 is 0 Å². The van der Waals surface area contributed by atoms with Crippen LogP contribution in [-0.2, 0) is 15.0 Å². The van der Waals surface area contributed by atoms with E-state index < -0.39 is 0 Å². The molecule has 30 heavy (non-hydrogen) atoms. The van der Waals surface area contributed by atoms with Gasteiger partial charge >= 0.3 is 0 Å². The lowest BCUT2D eigenvalue weighted by atomic mass is 9.92. The second kappa shape index (κ2) is 9.00. The van der Waals surface area contributed by atoms with Gasteiger partial charge in [0.05, 0.1) is 12.2 Å². The fourth-order valence-electron chi connectivity index (χ4n) is 3.71. The first-order chi connectivity index (χ1) is 14.1. The summed E-state index contributed by atoms with van der Waals surface area (Å²) in [4.78, 5) is 27.0. The molecule has 0 atom stereocenters. The van der Waals surface area contributed by atoms with E-state index in [0.29, 0.717) is 38.4 Å². The molecule has 2 heterocycles. The summed E-state index contributed by atoms with van der Waals surface area (Å²) in [6, 6.07) is 7.80. The fraction of sp³-hybridized carbons (Fsp3) is 0.522. The summed E-state index contributed by atoms with van der Waals surface area (Å²) in [5, 5.41) is 9.84. The number of carbonyl (C=O) groups is 2. The first-order valence-electron chi connectivity index (χ1n) is 10.5. The van der Waals surface area contributed by atoms with Crippen molar-refractivity contribution in [1.82, 2.24) is 10.1 Å². The van der Waals surface area contributed by atoms with Gasteiger partial charge in [0.15, 0.2) is 0 Å². The molecule has 1 saturated heterocycles. The van der Waals surface area contributed by atoms with Crippen LogP contribution in [0.2, 0.25) is 0 Å². The summed E-state index contributed by atoms with van der Waals surface area (Å²) in [5.41, 5.74) is 3.75. The molecule has 2 amide bonds. The lowest BCUT2D eigenvalue weighted by Gasteiger charge is -2.30. The van der Waals surface area contributed by atoms with E-state index in [1.807, 2.05) is 46.8 Å². The molecule has 0 unspecified atom stereocenters. The number of aryl methyl sites for hydroxylation is 2. The quantitative estimate of drug-likeness (QED) is 0.778. The average Bonchev–Trinajstić information content (AvgIpc) is 3.10. The Balaban J connectivity index is 1.45. The Labute approximate surface area is 178 Å². The number of nitrogens with one attached hydrogen (secondary N) is 2. The van der Waals surface area contributed by atoms with E-state index in [-0.39, 0.29) is 23.1 Å². The third-order valence-corrected chi connectivity index (χ3v) is 5.36. The lowest BCUT2D eigenvalue weighted by Crippen LogP contribution is -2.41. The van der Waals surface area contributed by atoms with Crippen molar-refractivity contribution in [1.29, 1.82) is 0 Å². The molecule has 1 aliphatic heterocycles. The molecule has 1 fully saturated rings. The molecule has 0 aliphatic carbocycles. The highest BCUT2D eigenvalue weighted by atomic mass is 16.5. The van der Waals surface area contributed by atoms with Gasteiger partial charge in [-0.2, -0.15) is 0 Å². The van der Waals surface area contributed by atoms with Gasteiger partial charge in [0.1, 0.15) is 0 Å². The minimum Gasteiger partial charge on any atom is -0.338 e. The first-order valence-corrected chi connectivity index (χ1v) is 10.5. The molecule has 7 heteroatoms. The van der Waals surface area contributed by atoms with Gasteiger partial charge in [-0.1, -0.05) is 32.0 Å². The molecule has 3 rings (SSSR count). The summed E-state index contributed by atoms with van der Waals surface area (Å²) >= 11 is 0. The number of benzene rings is 1. The fourth-order valence-corrected chi connectivity index (χ4v) is 3.71. The van der Waals surface area contributed by atoms with Crippen LogP contribution in [0.5, 0.6) is 0 Å². The second-order valence-corrected chi connectivity index (χ2v) is 9.29. The number of aromatic nitrogens is 1.